The van der Waals surface area contributed by atoms with E-state index in [0.29, 0.717) is 12.8 Å². The summed E-state index contributed by atoms with van der Waals surface area (Å²) in [5.74, 6) is -0.294. The molecule has 4 nitrogen and oxygen atoms in total. The zero-order chi connectivity index (χ0) is 12.3. The highest BCUT2D eigenvalue weighted by molar-refractivity contribution is 5.92. The molecule has 1 rings (SSSR count). The van der Waals surface area contributed by atoms with E-state index >= 15 is 0 Å². The fourth-order valence-electron chi connectivity index (χ4n) is 2.11. The third-order valence-electron chi connectivity index (χ3n) is 2.89. The molecule has 1 amide bonds. The lowest BCUT2D eigenvalue weighted by Crippen LogP contribution is -2.58. The van der Waals surface area contributed by atoms with E-state index in [4.69, 9.17) is 4.74 Å². The molecule has 1 saturated heterocycles. The van der Waals surface area contributed by atoms with Crippen LogP contribution in [0.3, 0.4) is 0 Å². The first-order valence-corrected chi connectivity index (χ1v) is 6.05. The van der Waals surface area contributed by atoms with Gasteiger partial charge in [0.1, 0.15) is 6.04 Å². The summed E-state index contributed by atoms with van der Waals surface area (Å²) < 4.78 is 5.16. The lowest BCUT2D eigenvalue weighted by molar-refractivity contribution is -0.180. The summed E-state index contributed by atoms with van der Waals surface area (Å²) in [5, 5.41) is 0. The Labute approximate surface area is 96.9 Å². The molecule has 0 aromatic carbocycles. The zero-order valence-corrected chi connectivity index (χ0v) is 10.5. The Morgan fingerprint density at radius 1 is 1.31 bits per heavy atom. The molecule has 4 heteroatoms. The Morgan fingerprint density at radius 3 is 2.38 bits per heavy atom. The Kier molecular flexibility index (Phi) is 4.33. The van der Waals surface area contributed by atoms with Crippen molar-refractivity contribution in [1.82, 2.24) is 4.90 Å². The lowest BCUT2D eigenvalue weighted by atomic mass is 10.0. The van der Waals surface area contributed by atoms with Crippen molar-refractivity contribution in [2.75, 3.05) is 0 Å². The molecule has 1 aliphatic heterocycles. The van der Waals surface area contributed by atoms with Gasteiger partial charge in [0.15, 0.2) is 6.10 Å². The summed E-state index contributed by atoms with van der Waals surface area (Å²) in [7, 11) is 0. The second-order valence-electron chi connectivity index (χ2n) is 4.48. The number of amides is 1. The van der Waals surface area contributed by atoms with Crippen molar-refractivity contribution in [2.45, 2.75) is 65.1 Å². The number of morpholine rings is 1. The lowest BCUT2D eigenvalue weighted by Gasteiger charge is -2.40. The monoisotopic (exact) mass is 227 g/mol. The molecular weight excluding hydrogens is 206 g/mol. The number of cyclic esters (lactones) is 1. The molecule has 1 heterocycles. The smallest absolute Gasteiger partial charge is 0.329 e. The normalized spacial score (nSPS) is 26.2. The van der Waals surface area contributed by atoms with Crippen molar-refractivity contribution in [2.24, 2.45) is 0 Å². The predicted octanol–water partition coefficient (Wildman–Crippen LogP) is 1.73. The topological polar surface area (TPSA) is 46.6 Å². The first kappa shape index (κ1) is 13.0. The summed E-state index contributed by atoms with van der Waals surface area (Å²) in [4.78, 5) is 25.6. The van der Waals surface area contributed by atoms with Gasteiger partial charge in [-0.05, 0) is 26.7 Å². The van der Waals surface area contributed by atoms with E-state index in [9.17, 15) is 9.59 Å². The van der Waals surface area contributed by atoms with E-state index < -0.39 is 6.10 Å². The number of carbonyl (C=O) groups excluding carboxylic acids is 2. The first-order valence-electron chi connectivity index (χ1n) is 6.05. The molecule has 0 spiro atoms. The van der Waals surface area contributed by atoms with Gasteiger partial charge in [0.05, 0.1) is 0 Å². The summed E-state index contributed by atoms with van der Waals surface area (Å²) in [6, 6.07) is -0.341. The van der Waals surface area contributed by atoms with Gasteiger partial charge in [-0.2, -0.15) is 0 Å². The molecule has 92 valence electrons. The van der Waals surface area contributed by atoms with Crippen LogP contribution in [-0.2, 0) is 14.3 Å². The van der Waals surface area contributed by atoms with Crippen molar-refractivity contribution in [3.05, 3.63) is 0 Å². The molecule has 0 saturated carbocycles. The van der Waals surface area contributed by atoms with Gasteiger partial charge in [0.25, 0.3) is 5.91 Å². The second-order valence-corrected chi connectivity index (χ2v) is 4.48. The van der Waals surface area contributed by atoms with E-state index in [1.165, 1.54) is 0 Å². The summed E-state index contributed by atoms with van der Waals surface area (Å²) in [6.07, 6.45) is 1.52. The second kappa shape index (κ2) is 5.32. The zero-order valence-electron chi connectivity index (χ0n) is 10.5. The molecule has 0 radical (unpaired) electrons. The van der Waals surface area contributed by atoms with Gasteiger partial charge in [-0.3, -0.25) is 4.79 Å². The standard InChI is InChI=1S/C12H21NO3/c1-5-7-9-12(15)16-10(6-2)11(14)13(9)8(3)4/h8-10H,5-7H2,1-4H3. The molecule has 16 heavy (non-hydrogen) atoms. The molecule has 1 aliphatic rings. The van der Waals surface area contributed by atoms with E-state index in [1.807, 2.05) is 27.7 Å². The number of ether oxygens (including phenoxy) is 1. The highest BCUT2D eigenvalue weighted by Gasteiger charge is 2.42. The number of carbonyl (C=O) groups is 2. The van der Waals surface area contributed by atoms with Gasteiger partial charge in [-0.1, -0.05) is 20.3 Å². The van der Waals surface area contributed by atoms with Crippen molar-refractivity contribution < 1.29 is 14.3 Å². The van der Waals surface area contributed by atoms with Crippen LogP contribution in [0, 0.1) is 0 Å². The number of hydrogen-bond donors (Lipinski definition) is 0. The van der Waals surface area contributed by atoms with Crippen LogP contribution in [0.1, 0.15) is 47.0 Å². The molecule has 0 aromatic heterocycles. The van der Waals surface area contributed by atoms with E-state index in [2.05, 4.69) is 0 Å². The van der Waals surface area contributed by atoms with Crippen molar-refractivity contribution in [3.63, 3.8) is 0 Å². The van der Waals surface area contributed by atoms with Crippen LogP contribution in [0.25, 0.3) is 0 Å². The van der Waals surface area contributed by atoms with Crippen LogP contribution in [0.2, 0.25) is 0 Å². The predicted molar refractivity (Wildman–Crippen MR) is 60.8 cm³/mol. The Balaban J connectivity index is 2.92. The van der Waals surface area contributed by atoms with E-state index in [-0.39, 0.29) is 24.0 Å². The summed E-state index contributed by atoms with van der Waals surface area (Å²) >= 11 is 0. The first-order chi connectivity index (χ1) is 7.52. The third kappa shape index (κ3) is 2.36. The number of rotatable bonds is 4. The van der Waals surface area contributed by atoms with Crippen LogP contribution in [-0.4, -0.2) is 35.0 Å². The minimum absolute atomic E-state index is 0.0458. The molecule has 0 aliphatic carbocycles. The van der Waals surface area contributed by atoms with Crippen molar-refractivity contribution in [1.29, 1.82) is 0 Å². The van der Waals surface area contributed by atoms with Crippen LogP contribution in [0.4, 0.5) is 0 Å². The molecular formula is C12H21NO3. The maximum atomic E-state index is 12.1. The van der Waals surface area contributed by atoms with Gasteiger partial charge >= 0.3 is 5.97 Å². The Hall–Kier alpha value is -1.06. The maximum absolute atomic E-state index is 12.1. The summed E-state index contributed by atoms with van der Waals surface area (Å²) in [6.45, 7) is 7.73. The van der Waals surface area contributed by atoms with Gasteiger partial charge in [0.2, 0.25) is 0 Å². The minimum Gasteiger partial charge on any atom is -0.451 e. The van der Waals surface area contributed by atoms with Gasteiger partial charge in [-0.25, -0.2) is 4.79 Å². The van der Waals surface area contributed by atoms with E-state index in [1.54, 1.807) is 4.90 Å². The largest absolute Gasteiger partial charge is 0.451 e. The highest BCUT2D eigenvalue weighted by Crippen LogP contribution is 2.22. The minimum atomic E-state index is -0.581. The van der Waals surface area contributed by atoms with Crippen molar-refractivity contribution in [3.8, 4) is 0 Å². The molecule has 0 bridgehead atoms. The van der Waals surface area contributed by atoms with Gasteiger partial charge in [-0.15, -0.1) is 0 Å². The van der Waals surface area contributed by atoms with Crippen LogP contribution in [0.15, 0.2) is 0 Å². The third-order valence-corrected chi connectivity index (χ3v) is 2.89. The van der Waals surface area contributed by atoms with E-state index in [0.717, 1.165) is 6.42 Å². The quantitative estimate of drug-likeness (QED) is 0.687. The fourth-order valence-corrected chi connectivity index (χ4v) is 2.11. The average molecular weight is 227 g/mol. The van der Waals surface area contributed by atoms with Crippen LogP contribution >= 0.6 is 0 Å². The molecule has 2 unspecified atom stereocenters. The summed E-state index contributed by atoms with van der Waals surface area (Å²) in [5.41, 5.74) is 0. The maximum Gasteiger partial charge on any atom is 0.329 e. The fraction of sp³-hybridized carbons (Fsp3) is 0.833. The number of hydrogen-bond acceptors (Lipinski definition) is 3. The van der Waals surface area contributed by atoms with Crippen molar-refractivity contribution >= 4 is 11.9 Å². The highest BCUT2D eigenvalue weighted by atomic mass is 16.6. The van der Waals surface area contributed by atoms with Gasteiger partial charge < -0.3 is 9.64 Å². The Bertz CT molecular complexity index is 275. The Morgan fingerprint density at radius 2 is 1.94 bits per heavy atom. The average Bonchev–Trinajstić information content (AvgIpc) is 2.22. The van der Waals surface area contributed by atoms with Crippen LogP contribution in [0.5, 0.6) is 0 Å². The molecule has 0 aromatic rings. The van der Waals surface area contributed by atoms with Gasteiger partial charge in [0, 0.05) is 6.04 Å². The molecule has 1 fully saturated rings. The SMILES string of the molecule is CCCC1C(=O)OC(CC)C(=O)N1C(C)C. The number of nitrogens with zero attached hydrogens (tertiary/aromatic N) is 1. The number of esters is 1. The molecule has 2 atom stereocenters. The van der Waals surface area contributed by atoms with Crippen LogP contribution < -0.4 is 0 Å². The molecule has 0 N–H and O–H groups in total.